The van der Waals surface area contributed by atoms with Crippen LogP contribution in [0, 0.1) is 0 Å². The minimum Gasteiger partial charge on any atom is -0.748 e. The van der Waals surface area contributed by atoms with Crippen molar-refractivity contribution < 1.29 is 31.4 Å². The average Bonchev–Trinajstić information content (AvgIpc) is 3.30. The predicted octanol–water partition coefficient (Wildman–Crippen LogP) is 4.28. The third-order valence-corrected chi connectivity index (χ3v) is 3.48. The molecule has 1 aromatic heterocycles. The maximum absolute atomic E-state index is 12.0. The van der Waals surface area contributed by atoms with Gasteiger partial charge in [-0.3, -0.25) is 0 Å². The van der Waals surface area contributed by atoms with Crippen LogP contribution in [0.2, 0.25) is 0 Å². The average molecular weight is 374 g/mol. The van der Waals surface area contributed by atoms with Crippen LogP contribution in [0.4, 0.5) is 0 Å². The fourth-order valence-corrected chi connectivity index (χ4v) is 2.29. The number of carboxylic acids is 1. The Labute approximate surface area is 154 Å². The summed E-state index contributed by atoms with van der Waals surface area (Å²) in [6.45, 7) is 0. The number of hydrogen-bond donors (Lipinski definition) is 1. The number of carboxylic acid groups (broad SMARTS) is 1. The molecular weight excluding hydrogens is 360 g/mol. The van der Waals surface area contributed by atoms with Gasteiger partial charge in [0.15, 0.2) is 5.43 Å². The van der Waals surface area contributed by atoms with Crippen molar-refractivity contribution in [1.29, 1.82) is 0 Å². The molecule has 0 unspecified atom stereocenters. The first-order chi connectivity index (χ1) is 11.6. The zero-order valence-corrected chi connectivity index (χ0v) is 14.1. The second kappa shape index (κ2) is 8.29. The fourth-order valence-electron chi connectivity index (χ4n) is 2.29. The first kappa shape index (κ1) is 18.5. The molecule has 25 heavy (non-hydrogen) atoms. The van der Waals surface area contributed by atoms with Crippen LogP contribution in [0.25, 0.3) is 22.3 Å². The molecule has 0 aliphatic heterocycles. The third kappa shape index (κ3) is 4.35. The molecule has 0 fully saturated rings. The van der Waals surface area contributed by atoms with Crippen LogP contribution >= 0.6 is 0 Å². The zero-order chi connectivity index (χ0) is 16.9. The van der Waals surface area contributed by atoms with Crippen LogP contribution in [-0.2, 0) is 17.1 Å². The van der Waals surface area contributed by atoms with Crippen LogP contribution in [0.1, 0.15) is 10.4 Å². The minimum atomic E-state index is -1.07. The van der Waals surface area contributed by atoms with Gasteiger partial charge in [0.25, 0.3) is 0 Å². The van der Waals surface area contributed by atoms with Crippen molar-refractivity contribution in [2.24, 2.45) is 0 Å². The minimum absolute atomic E-state index is 0. The summed E-state index contributed by atoms with van der Waals surface area (Å²) in [5.41, 5.74) is 1.02. The Kier molecular flexibility index (Phi) is 6.12. The maximum Gasteiger partial charge on any atom is 0.335 e. The molecule has 4 rings (SSSR count). The molecule has 0 aliphatic carbocycles. The SMILES string of the molecule is O=C(O)c1ccc2oc(-[c-]3cccc3)cc(=O)c2c1.[Fe].[cH-]1[cH-][cH-][cH-][cH-]1. The molecule has 132 valence electrons. The Bertz CT molecular complexity index is 979. The van der Waals surface area contributed by atoms with E-state index in [1.165, 1.54) is 24.3 Å². The summed E-state index contributed by atoms with van der Waals surface area (Å²) in [5, 5.41) is 9.18. The van der Waals surface area contributed by atoms with Gasteiger partial charge in [-0.2, -0.15) is 12.1 Å². The van der Waals surface area contributed by atoms with Crippen LogP contribution < -0.4 is 5.43 Å². The second-order valence-corrected chi connectivity index (χ2v) is 5.13. The summed E-state index contributed by atoms with van der Waals surface area (Å²) >= 11 is 0. The molecule has 1 N–H and O–H groups in total. The van der Waals surface area contributed by atoms with Gasteiger partial charge in [-0.15, -0.1) is 12.1 Å². The summed E-state index contributed by atoms with van der Waals surface area (Å²) in [4.78, 5) is 22.9. The smallest absolute Gasteiger partial charge is 0.335 e. The van der Waals surface area contributed by atoms with Crippen LogP contribution in [0.15, 0.2) is 88.1 Å². The number of carbonyl (C=O) groups is 1. The van der Waals surface area contributed by atoms with E-state index in [1.807, 2.05) is 54.6 Å². The Morgan fingerprint density at radius 2 is 1.60 bits per heavy atom. The molecule has 0 bridgehead atoms. The van der Waals surface area contributed by atoms with Gasteiger partial charge in [-0.05, 0) is 24.3 Å². The molecule has 0 saturated heterocycles. The molecule has 0 amide bonds. The molecule has 3 aromatic carbocycles. The largest absolute Gasteiger partial charge is 0.748 e. The van der Waals surface area contributed by atoms with Crippen LogP contribution in [0.3, 0.4) is 0 Å². The van der Waals surface area contributed by atoms with Crippen molar-refractivity contribution in [3.63, 3.8) is 0 Å². The molecule has 0 radical (unpaired) electrons. The van der Waals surface area contributed by atoms with E-state index >= 15 is 0 Å². The van der Waals surface area contributed by atoms with E-state index < -0.39 is 5.97 Å². The summed E-state index contributed by atoms with van der Waals surface area (Å²) in [7, 11) is 0. The van der Waals surface area contributed by atoms with Crippen molar-refractivity contribution in [2.45, 2.75) is 0 Å². The molecule has 0 aliphatic rings. The van der Waals surface area contributed by atoms with Crippen molar-refractivity contribution in [3.8, 4) is 11.3 Å². The molecule has 1 heterocycles. The van der Waals surface area contributed by atoms with E-state index in [0.29, 0.717) is 11.3 Å². The Morgan fingerprint density at radius 3 is 2.16 bits per heavy atom. The van der Waals surface area contributed by atoms with Gasteiger partial charge in [0.2, 0.25) is 0 Å². The maximum atomic E-state index is 12.0. The fraction of sp³-hybridized carbons (Fsp3) is 0. The van der Waals surface area contributed by atoms with Gasteiger partial charge in [0.1, 0.15) is 5.58 Å². The molecule has 0 spiro atoms. The molecule has 0 saturated carbocycles. The van der Waals surface area contributed by atoms with Crippen molar-refractivity contribution in [1.82, 2.24) is 0 Å². The van der Waals surface area contributed by atoms with E-state index in [4.69, 9.17) is 9.52 Å². The van der Waals surface area contributed by atoms with E-state index in [2.05, 4.69) is 0 Å². The van der Waals surface area contributed by atoms with Crippen LogP contribution in [0.5, 0.6) is 0 Å². The summed E-state index contributed by atoms with van der Waals surface area (Å²) in [6, 6.07) is 23.0. The van der Waals surface area contributed by atoms with Crippen LogP contribution in [-0.4, -0.2) is 11.1 Å². The normalized spacial score (nSPS) is 9.76. The molecule has 4 aromatic rings. The van der Waals surface area contributed by atoms with Gasteiger partial charge in [-0.1, -0.05) is 5.56 Å². The number of fused-ring (bicyclic) bond motifs is 1. The number of rotatable bonds is 2. The van der Waals surface area contributed by atoms with E-state index in [1.54, 1.807) is 0 Å². The molecular formula is C20H14FeO4-6. The van der Waals surface area contributed by atoms with E-state index in [-0.39, 0.29) is 33.4 Å². The standard InChI is InChI=1S/C15H9O4.C5H5.Fe/c16-12-8-14(9-3-1-2-4-9)19-13-6-5-10(15(17)18)7-11(12)13;1-2-4-5-3-1;/h1-8H,(H,17,18);1-5H;/q-1;-5;. The van der Waals surface area contributed by atoms with Gasteiger partial charge >= 0.3 is 5.97 Å². The van der Waals surface area contributed by atoms with Gasteiger partial charge < -0.3 is 44.7 Å². The Balaban J connectivity index is 0.000000325. The number of aromatic carboxylic acids is 1. The van der Waals surface area contributed by atoms with E-state index in [9.17, 15) is 9.59 Å². The zero-order valence-electron chi connectivity index (χ0n) is 13.0. The molecule has 4 nitrogen and oxygen atoms in total. The number of benzene rings is 1. The van der Waals surface area contributed by atoms with E-state index in [0.717, 1.165) is 5.56 Å². The van der Waals surface area contributed by atoms with Crippen molar-refractivity contribution in [2.75, 3.05) is 0 Å². The predicted molar refractivity (Wildman–Crippen MR) is 92.5 cm³/mol. The van der Waals surface area contributed by atoms with Crippen molar-refractivity contribution >= 4 is 16.9 Å². The van der Waals surface area contributed by atoms with Gasteiger partial charge in [-0.25, -0.2) is 4.79 Å². The molecule has 0 atom stereocenters. The summed E-state index contributed by atoms with van der Waals surface area (Å²) < 4.78 is 5.63. The second-order valence-electron chi connectivity index (χ2n) is 5.13. The topological polar surface area (TPSA) is 67.5 Å². The Morgan fingerprint density at radius 1 is 1.00 bits per heavy atom. The van der Waals surface area contributed by atoms with Gasteiger partial charge in [0, 0.05) is 17.1 Å². The quantitative estimate of drug-likeness (QED) is 0.420. The van der Waals surface area contributed by atoms with Crippen molar-refractivity contribution in [3.05, 3.63) is 94.6 Å². The summed E-state index contributed by atoms with van der Waals surface area (Å²) in [5.74, 6) is -0.591. The first-order valence-electron chi connectivity index (χ1n) is 7.35. The Hall–Kier alpha value is -2.88. The first-order valence-corrected chi connectivity index (χ1v) is 7.35. The third-order valence-electron chi connectivity index (χ3n) is 3.48. The number of hydrogen-bond acceptors (Lipinski definition) is 3. The summed E-state index contributed by atoms with van der Waals surface area (Å²) in [6.07, 6.45) is 0. The molecule has 5 heteroatoms. The monoisotopic (exact) mass is 374 g/mol. The van der Waals surface area contributed by atoms with Gasteiger partial charge in [0.05, 0.1) is 16.7 Å².